The molecule has 0 saturated heterocycles. The molecular weight excluding hydrogens is 464 g/mol. The zero-order valence-electron chi connectivity index (χ0n) is 19.8. The summed E-state index contributed by atoms with van der Waals surface area (Å²) < 4.78 is 16.9. The van der Waals surface area contributed by atoms with E-state index < -0.39 is 5.91 Å². The van der Waals surface area contributed by atoms with Crippen molar-refractivity contribution in [2.75, 3.05) is 26.4 Å². The van der Waals surface area contributed by atoms with Gasteiger partial charge in [-0.15, -0.1) is 0 Å². The largest absolute Gasteiger partial charge is 0.491 e. The van der Waals surface area contributed by atoms with Gasteiger partial charge in [0, 0.05) is 0 Å². The van der Waals surface area contributed by atoms with Gasteiger partial charge in [-0.05, 0) is 73.0 Å². The maximum absolute atomic E-state index is 12.5. The summed E-state index contributed by atoms with van der Waals surface area (Å²) in [6.07, 6.45) is 3.40. The lowest BCUT2D eigenvalue weighted by Gasteiger charge is -2.20. The third-order valence-electron chi connectivity index (χ3n) is 5.13. The van der Waals surface area contributed by atoms with E-state index in [1.807, 2.05) is 55.5 Å². The van der Waals surface area contributed by atoms with Crippen LogP contribution in [0.5, 0.6) is 11.5 Å². The number of amidine groups is 2. The number of hydrogen-bond acceptors (Lipinski definition) is 7. The molecule has 1 amide bonds. The van der Waals surface area contributed by atoms with Gasteiger partial charge >= 0.3 is 0 Å². The van der Waals surface area contributed by atoms with Crippen molar-refractivity contribution in [2.24, 2.45) is 10.1 Å². The van der Waals surface area contributed by atoms with E-state index in [2.05, 4.69) is 17.0 Å². The van der Waals surface area contributed by atoms with Gasteiger partial charge in [0.25, 0.3) is 5.91 Å². The number of ether oxygens (including phenoxy) is 3. The van der Waals surface area contributed by atoms with Gasteiger partial charge < -0.3 is 14.2 Å². The van der Waals surface area contributed by atoms with Crippen LogP contribution < -0.4 is 9.47 Å². The second-order valence-electron chi connectivity index (χ2n) is 7.96. The molecule has 1 N–H and O–H groups in total. The van der Waals surface area contributed by atoms with Gasteiger partial charge in [-0.1, -0.05) is 31.2 Å². The van der Waals surface area contributed by atoms with Crippen molar-refractivity contribution in [1.82, 2.24) is 5.01 Å². The van der Waals surface area contributed by atoms with E-state index in [4.69, 9.17) is 19.6 Å². The first-order valence-corrected chi connectivity index (χ1v) is 12.3. The summed E-state index contributed by atoms with van der Waals surface area (Å²) in [5, 5.41) is 15.6. The van der Waals surface area contributed by atoms with Gasteiger partial charge in [0.15, 0.2) is 5.84 Å². The predicted octanol–water partition coefficient (Wildman–Crippen LogP) is 4.89. The molecule has 0 radical (unpaired) electrons. The van der Waals surface area contributed by atoms with Gasteiger partial charge in [-0.2, -0.15) is 15.1 Å². The maximum Gasteiger partial charge on any atom is 0.283 e. The van der Waals surface area contributed by atoms with Crippen LogP contribution in [-0.2, 0) is 9.53 Å². The fraction of sp³-hybridized carbons (Fsp3) is 0.308. The first-order chi connectivity index (χ1) is 17.0. The number of fused-ring (bicyclic) bond motifs is 1. The Morgan fingerprint density at radius 2 is 1.77 bits per heavy atom. The van der Waals surface area contributed by atoms with Crippen molar-refractivity contribution < 1.29 is 19.0 Å². The molecule has 0 fully saturated rings. The lowest BCUT2D eigenvalue weighted by molar-refractivity contribution is -0.114. The Morgan fingerprint density at radius 3 is 2.49 bits per heavy atom. The first kappa shape index (κ1) is 24.7. The Balaban J connectivity index is 1.22. The molecule has 2 aromatic rings. The van der Waals surface area contributed by atoms with Gasteiger partial charge in [0.1, 0.15) is 29.8 Å². The van der Waals surface area contributed by atoms with Crippen molar-refractivity contribution in [1.29, 1.82) is 5.41 Å². The van der Waals surface area contributed by atoms with Crippen molar-refractivity contribution in [3.05, 3.63) is 65.2 Å². The number of aryl methyl sites for hydroxylation is 1. The van der Waals surface area contributed by atoms with Crippen molar-refractivity contribution in [2.45, 2.75) is 26.7 Å². The highest BCUT2D eigenvalue weighted by molar-refractivity contribution is 8.26. The lowest BCUT2D eigenvalue weighted by Crippen LogP contribution is -2.35. The van der Waals surface area contributed by atoms with Crippen molar-refractivity contribution >= 4 is 39.8 Å². The van der Waals surface area contributed by atoms with Crippen LogP contribution in [0.15, 0.2) is 64.2 Å². The number of carbonyl (C=O) groups is 1. The molecule has 0 atom stereocenters. The van der Waals surface area contributed by atoms with Gasteiger partial charge in [0.05, 0.1) is 18.8 Å². The maximum atomic E-state index is 12.5. The number of aliphatic imine (C=N–C) groups is 1. The molecule has 182 valence electrons. The minimum atomic E-state index is -0.425. The topological polar surface area (TPSA) is 96.6 Å². The van der Waals surface area contributed by atoms with Crippen molar-refractivity contribution in [3.63, 3.8) is 0 Å². The molecule has 4 rings (SSSR count). The second-order valence-corrected chi connectivity index (χ2v) is 9.00. The molecule has 2 aliphatic heterocycles. The molecule has 2 heterocycles. The molecule has 0 saturated carbocycles. The zero-order valence-corrected chi connectivity index (χ0v) is 20.6. The van der Waals surface area contributed by atoms with Crippen LogP contribution in [0, 0.1) is 12.3 Å². The number of nitrogens with zero attached hydrogens (tertiary/aromatic N) is 3. The Kier molecular flexibility index (Phi) is 8.33. The molecule has 0 bridgehead atoms. The highest BCUT2D eigenvalue weighted by Gasteiger charge is 2.35. The number of amides is 1. The molecule has 0 aliphatic carbocycles. The number of thioether (sulfide) groups is 1. The van der Waals surface area contributed by atoms with E-state index >= 15 is 0 Å². The molecule has 0 spiro atoms. The molecule has 35 heavy (non-hydrogen) atoms. The smallest absolute Gasteiger partial charge is 0.283 e. The minimum absolute atomic E-state index is 0.0439. The average Bonchev–Trinajstić information content (AvgIpc) is 3.25. The highest BCUT2D eigenvalue weighted by atomic mass is 32.2. The van der Waals surface area contributed by atoms with Crippen LogP contribution >= 0.6 is 11.8 Å². The summed E-state index contributed by atoms with van der Waals surface area (Å²) in [7, 11) is 0. The Morgan fingerprint density at radius 1 is 1.03 bits per heavy atom. The van der Waals surface area contributed by atoms with E-state index in [1.54, 1.807) is 6.08 Å². The Labute approximate surface area is 209 Å². The average molecular weight is 493 g/mol. The number of hydrogen-bond donors (Lipinski definition) is 1. The van der Waals surface area contributed by atoms with E-state index in [0.717, 1.165) is 34.8 Å². The molecule has 8 nitrogen and oxygen atoms in total. The minimum Gasteiger partial charge on any atom is -0.491 e. The summed E-state index contributed by atoms with van der Waals surface area (Å²) in [4.78, 5) is 16.6. The number of benzene rings is 2. The summed E-state index contributed by atoms with van der Waals surface area (Å²) in [5.41, 5.74) is 2.15. The number of hydrazone groups is 1. The second kappa shape index (κ2) is 11.8. The monoisotopic (exact) mass is 492 g/mol. The van der Waals surface area contributed by atoms with E-state index in [0.29, 0.717) is 37.3 Å². The first-order valence-electron chi connectivity index (χ1n) is 11.5. The van der Waals surface area contributed by atoms with Crippen LogP contribution in [-0.4, -0.2) is 53.4 Å². The molecular formula is C26H28N4O4S. The van der Waals surface area contributed by atoms with Crippen LogP contribution in [0.1, 0.15) is 30.9 Å². The number of carbonyl (C=O) groups excluding carboxylic acids is 1. The zero-order chi connectivity index (χ0) is 24.6. The van der Waals surface area contributed by atoms with Gasteiger partial charge in [-0.25, -0.2) is 0 Å². The highest BCUT2D eigenvalue weighted by Crippen LogP contribution is 2.29. The summed E-state index contributed by atoms with van der Waals surface area (Å²) >= 11 is 1.35. The van der Waals surface area contributed by atoms with E-state index in [9.17, 15) is 4.79 Å². The van der Waals surface area contributed by atoms with Crippen LogP contribution in [0.4, 0.5) is 0 Å². The third kappa shape index (κ3) is 6.58. The van der Waals surface area contributed by atoms with E-state index in [1.165, 1.54) is 16.8 Å². The van der Waals surface area contributed by atoms with Crippen molar-refractivity contribution in [3.8, 4) is 11.5 Å². The van der Waals surface area contributed by atoms with Crippen LogP contribution in [0.25, 0.3) is 6.08 Å². The molecule has 9 heteroatoms. The lowest BCUT2D eigenvalue weighted by atomic mass is 10.1. The van der Waals surface area contributed by atoms with Gasteiger partial charge in [-0.3, -0.25) is 10.2 Å². The predicted molar refractivity (Wildman–Crippen MR) is 139 cm³/mol. The summed E-state index contributed by atoms with van der Waals surface area (Å²) in [5.74, 6) is 1.15. The standard InChI is InChI=1S/C26H28N4O4S/c1-3-5-23-29-30-24(27)22(25(31)28-26(30)35-23)17-19-8-10-20(11-9-19)33-14-12-32-13-15-34-21-7-4-6-18(2)16-21/h4,6-11,16-17,27H,3,5,12-15H2,1-2H3. The molecule has 0 aromatic heterocycles. The summed E-state index contributed by atoms with van der Waals surface area (Å²) in [6, 6.07) is 15.2. The fourth-order valence-corrected chi connectivity index (χ4v) is 4.40. The number of rotatable bonds is 11. The molecule has 0 unspecified atom stereocenters. The third-order valence-corrected chi connectivity index (χ3v) is 6.10. The fourth-order valence-electron chi connectivity index (χ4n) is 3.42. The summed E-state index contributed by atoms with van der Waals surface area (Å²) in [6.45, 7) is 5.91. The van der Waals surface area contributed by atoms with Crippen LogP contribution in [0.2, 0.25) is 0 Å². The molecule has 2 aliphatic rings. The van der Waals surface area contributed by atoms with Crippen LogP contribution in [0.3, 0.4) is 0 Å². The quantitative estimate of drug-likeness (QED) is 0.354. The normalized spacial score (nSPS) is 16.3. The SMILES string of the molecule is CCCC1=NN2C(=N)C(=Cc3ccc(OCCOCCOc4cccc(C)c4)cc3)C(=O)N=C2S1. The Hall–Kier alpha value is -3.43. The molecule has 2 aromatic carbocycles. The Bertz CT molecular complexity index is 1170. The van der Waals surface area contributed by atoms with E-state index in [-0.39, 0.29) is 11.4 Å². The number of nitrogens with one attached hydrogen (secondary N) is 1. The van der Waals surface area contributed by atoms with Gasteiger partial charge in [0.2, 0.25) is 5.17 Å².